The Bertz CT molecular complexity index is 987. The number of nitrogens with one attached hydrogen (secondary N) is 1. The highest BCUT2D eigenvalue weighted by Gasteiger charge is 2.16. The fourth-order valence-electron chi connectivity index (χ4n) is 2.81. The molecule has 0 fully saturated rings. The van der Waals surface area contributed by atoms with Crippen LogP contribution in [0.15, 0.2) is 46.2 Å². The van der Waals surface area contributed by atoms with Crippen molar-refractivity contribution >= 4 is 11.2 Å². The summed E-state index contributed by atoms with van der Waals surface area (Å²) in [6.07, 6.45) is 0.786. The number of aromatic nitrogens is 4. The van der Waals surface area contributed by atoms with E-state index in [1.807, 2.05) is 30.3 Å². The van der Waals surface area contributed by atoms with Gasteiger partial charge >= 0.3 is 5.69 Å². The van der Waals surface area contributed by atoms with E-state index in [4.69, 9.17) is 0 Å². The molecule has 0 aliphatic carbocycles. The van der Waals surface area contributed by atoms with E-state index in [1.165, 1.54) is 17.9 Å². The van der Waals surface area contributed by atoms with Crippen molar-refractivity contribution in [1.82, 2.24) is 24.0 Å². The summed E-state index contributed by atoms with van der Waals surface area (Å²) in [5.74, 6) is 0. The second-order valence-corrected chi connectivity index (χ2v) is 6.05. The molecule has 0 saturated carbocycles. The van der Waals surface area contributed by atoms with Crippen molar-refractivity contribution < 1.29 is 5.11 Å². The summed E-state index contributed by atoms with van der Waals surface area (Å²) in [6, 6.07) is 9.90. The zero-order valence-electron chi connectivity index (χ0n) is 14.2. The van der Waals surface area contributed by atoms with Crippen LogP contribution in [-0.2, 0) is 27.2 Å². The molecule has 0 bridgehead atoms. The lowest BCUT2D eigenvalue weighted by atomic mass is 10.2. The van der Waals surface area contributed by atoms with Gasteiger partial charge in [0.2, 0.25) is 0 Å². The van der Waals surface area contributed by atoms with Crippen molar-refractivity contribution in [3.63, 3.8) is 0 Å². The maximum Gasteiger partial charge on any atom is 0.332 e. The average Bonchev–Trinajstić information content (AvgIpc) is 3.02. The summed E-state index contributed by atoms with van der Waals surface area (Å²) >= 11 is 0. The first-order valence-electron chi connectivity index (χ1n) is 8.02. The van der Waals surface area contributed by atoms with Crippen LogP contribution in [0, 0.1) is 0 Å². The number of rotatable bonds is 6. The second-order valence-electron chi connectivity index (χ2n) is 6.05. The van der Waals surface area contributed by atoms with E-state index in [1.54, 1.807) is 11.6 Å². The fourth-order valence-corrected chi connectivity index (χ4v) is 2.81. The van der Waals surface area contributed by atoms with Gasteiger partial charge in [0, 0.05) is 27.2 Å². The van der Waals surface area contributed by atoms with Gasteiger partial charge in [0.15, 0.2) is 11.2 Å². The Morgan fingerprint density at radius 1 is 1.16 bits per heavy atom. The Morgan fingerprint density at radius 3 is 2.60 bits per heavy atom. The minimum absolute atomic E-state index is 0.214. The van der Waals surface area contributed by atoms with Crippen molar-refractivity contribution in [2.45, 2.75) is 19.2 Å². The molecule has 3 rings (SSSR count). The van der Waals surface area contributed by atoms with Crippen molar-refractivity contribution in [3.05, 3.63) is 63.1 Å². The van der Waals surface area contributed by atoms with Gasteiger partial charge < -0.3 is 15.0 Å². The van der Waals surface area contributed by atoms with Crippen LogP contribution in [0.2, 0.25) is 0 Å². The predicted octanol–water partition coefficient (Wildman–Crippen LogP) is -0.416. The number of nitrogens with zero attached hydrogens (tertiary/aromatic N) is 4. The standard InChI is InChI=1S/C17H21N5O3/c1-20-15-14(16(24)21(2)17(20)25)22(11-19-15)10-13(23)9-18-8-12-6-4-3-5-7-12/h3-7,11,13,18,23H,8-10H2,1-2H3. The molecule has 8 nitrogen and oxygen atoms in total. The van der Waals surface area contributed by atoms with E-state index < -0.39 is 17.4 Å². The van der Waals surface area contributed by atoms with Crippen LogP contribution >= 0.6 is 0 Å². The molecule has 25 heavy (non-hydrogen) atoms. The van der Waals surface area contributed by atoms with Crippen LogP contribution in [0.5, 0.6) is 0 Å². The van der Waals surface area contributed by atoms with Gasteiger partial charge in [0.1, 0.15) is 0 Å². The molecule has 2 N–H and O–H groups in total. The molecule has 1 unspecified atom stereocenters. The van der Waals surface area contributed by atoms with Gasteiger partial charge in [-0.05, 0) is 5.56 Å². The zero-order valence-corrected chi connectivity index (χ0v) is 14.2. The molecule has 0 radical (unpaired) electrons. The highest BCUT2D eigenvalue weighted by molar-refractivity contribution is 5.69. The number of benzene rings is 1. The molecule has 1 atom stereocenters. The molecular formula is C17H21N5O3. The van der Waals surface area contributed by atoms with E-state index in [0.717, 1.165) is 10.1 Å². The van der Waals surface area contributed by atoms with Crippen LogP contribution in [0.25, 0.3) is 11.2 Å². The minimum Gasteiger partial charge on any atom is -0.390 e. The minimum atomic E-state index is -0.692. The summed E-state index contributed by atoms with van der Waals surface area (Å²) in [7, 11) is 3.00. The molecule has 0 saturated heterocycles. The molecule has 1 aromatic carbocycles. The number of aryl methyl sites for hydroxylation is 1. The maximum absolute atomic E-state index is 12.4. The lowest BCUT2D eigenvalue weighted by Crippen LogP contribution is -2.38. The van der Waals surface area contributed by atoms with Gasteiger partial charge in [0.05, 0.1) is 19.0 Å². The Labute approximate surface area is 144 Å². The molecule has 0 spiro atoms. The van der Waals surface area contributed by atoms with Gasteiger partial charge in [-0.15, -0.1) is 0 Å². The van der Waals surface area contributed by atoms with Crippen LogP contribution in [0.4, 0.5) is 0 Å². The quantitative estimate of drug-likeness (QED) is 0.634. The van der Waals surface area contributed by atoms with Crippen molar-refractivity contribution in [1.29, 1.82) is 0 Å². The van der Waals surface area contributed by atoms with Gasteiger partial charge in [-0.25, -0.2) is 9.78 Å². The summed E-state index contributed by atoms with van der Waals surface area (Å²) in [5.41, 5.74) is 0.920. The van der Waals surface area contributed by atoms with Gasteiger partial charge in [-0.3, -0.25) is 13.9 Å². The third kappa shape index (κ3) is 3.40. The van der Waals surface area contributed by atoms with Gasteiger partial charge in [-0.2, -0.15) is 0 Å². The molecule has 0 aliphatic heterocycles. The summed E-state index contributed by atoms with van der Waals surface area (Å²) < 4.78 is 3.96. The third-order valence-corrected chi connectivity index (χ3v) is 4.18. The van der Waals surface area contributed by atoms with Crippen molar-refractivity contribution in [3.8, 4) is 0 Å². The summed E-state index contributed by atoms with van der Waals surface area (Å²) in [6.45, 7) is 1.24. The predicted molar refractivity (Wildman–Crippen MR) is 94.4 cm³/mol. The number of hydrogen-bond donors (Lipinski definition) is 2. The largest absolute Gasteiger partial charge is 0.390 e. The molecule has 2 heterocycles. The second kappa shape index (κ2) is 7.04. The van der Waals surface area contributed by atoms with Crippen LogP contribution < -0.4 is 16.6 Å². The number of fused-ring (bicyclic) bond motifs is 1. The van der Waals surface area contributed by atoms with E-state index in [9.17, 15) is 14.7 Å². The Hall–Kier alpha value is -2.71. The Kier molecular flexibility index (Phi) is 4.82. The molecule has 0 aliphatic rings. The first kappa shape index (κ1) is 17.1. The van der Waals surface area contributed by atoms with Gasteiger partial charge in [-0.1, -0.05) is 30.3 Å². The fraction of sp³-hybridized carbons (Fsp3) is 0.353. The zero-order chi connectivity index (χ0) is 18.0. The van der Waals surface area contributed by atoms with Crippen molar-refractivity contribution in [2.24, 2.45) is 14.1 Å². The number of imidazole rings is 1. The van der Waals surface area contributed by atoms with Crippen LogP contribution in [-0.4, -0.2) is 36.4 Å². The average molecular weight is 343 g/mol. The molecular weight excluding hydrogens is 322 g/mol. The smallest absolute Gasteiger partial charge is 0.332 e. The molecule has 3 aromatic rings. The first-order valence-corrected chi connectivity index (χ1v) is 8.02. The first-order chi connectivity index (χ1) is 12.0. The lowest BCUT2D eigenvalue weighted by Gasteiger charge is -2.13. The molecule has 2 aromatic heterocycles. The van der Waals surface area contributed by atoms with Crippen molar-refractivity contribution in [2.75, 3.05) is 6.54 Å². The monoisotopic (exact) mass is 343 g/mol. The van der Waals surface area contributed by atoms with Gasteiger partial charge in [0.25, 0.3) is 5.56 Å². The lowest BCUT2D eigenvalue weighted by molar-refractivity contribution is 0.152. The highest BCUT2D eigenvalue weighted by Crippen LogP contribution is 2.06. The van der Waals surface area contributed by atoms with Crippen LogP contribution in [0.1, 0.15) is 5.56 Å². The van der Waals surface area contributed by atoms with Crippen LogP contribution in [0.3, 0.4) is 0 Å². The molecule has 132 valence electrons. The SMILES string of the molecule is Cn1c(=O)c2c(ncn2CC(O)CNCc2ccccc2)n(C)c1=O. The molecule has 8 heteroatoms. The van der Waals surface area contributed by atoms with E-state index in [0.29, 0.717) is 24.3 Å². The number of hydrogen-bond acceptors (Lipinski definition) is 5. The van der Waals surface area contributed by atoms with E-state index >= 15 is 0 Å². The normalized spacial score (nSPS) is 12.6. The maximum atomic E-state index is 12.4. The van der Waals surface area contributed by atoms with E-state index in [2.05, 4.69) is 10.3 Å². The number of aliphatic hydroxyl groups is 1. The summed E-state index contributed by atoms with van der Waals surface area (Å²) in [4.78, 5) is 28.4. The van der Waals surface area contributed by atoms with E-state index in [-0.39, 0.29) is 6.54 Å². The topological polar surface area (TPSA) is 94.1 Å². The molecule has 0 amide bonds. The number of aliphatic hydroxyl groups excluding tert-OH is 1. The Morgan fingerprint density at radius 2 is 1.88 bits per heavy atom. The summed E-state index contributed by atoms with van der Waals surface area (Å²) in [5, 5.41) is 13.4. The Balaban J connectivity index is 1.72. The third-order valence-electron chi connectivity index (χ3n) is 4.18. The highest BCUT2D eigenvalue weighted by atomic mass is 16.3.